The predicted octanol–water partition coefficient (Wildman–Crippen LogP) is 6.50. The van der Waals surface area contributed by atoms with E-state index in [2.05, 4.69) is 17.4 Å². The predicted molar refractivity (Wildman–Crippen MR) is 151 cm³/mol. The summed E-state index contributed by atoms with van der Waals surface area (Å²) in [6.07, 6.45) is 2.44. The van der Waals surface area contributed by atoms with E-state index < -0.39 is 29.3 Å². The molecular weight excluding hydrogens is 490 g/mol. The molecule has 0 aromatic heterocycles. The Bertz CT molecular complexity index is 1210. The van der Waals surface area contributed by atoms with Crippen molar-refractivity contribution >= 4 is 12.1 Å². The van der Waals surface area contributed by atoms with Crippen LogP contribution in [0.3, 0.4) is 0 Å². The van der Waals surface area contributed by atoms with Crippen molar-refractivity contribution in [3.05, 3.63) is 108 Å². The summed E-state index contributed by atoms with van der Waals surface area (Å²) in [6, 6.07) is 27.2. The van der Waals surface area contributed by atoms with E-state index in [1.807, 2.05) is 54.6 Å². The highest BCUT2D eigenvalue weighted by molar-refractivity contribution is 5.83. The summed E-state index contributed by atoms with van der Waals surface area (Å²) in [5.74, 6) is -0.719. The molecule has 1 amide bonds. The van der Waals surface area contributed by atoms with Crippen molar-refractivity contribution in [1.29, 1.82) is 0 Å². The smallest absolute Gasteiger partial charge is 0.408 e. The standard InChI is InChI=1S/C33H39NO5/c1-32(2,3)39-31(36)34-29(26-19-11-6-12-20-26)33(37,23-24-15-7-4-8-16-24)30(35)38-28-22-14-13-21-27(28)25-17-9-5-10-18-25/h4-12,15-20,27-29,37H,13-14,21-23H2,1-3H3,(H,34,36)/t27-,28+,29+,33+/m0/s1. The van der Waals surface area contributed by atoms with Gasteiger partial charge in [0.25, 0.3) is 0 Å². The third-order valence-electron chi connectivity index (χ3n) is 7.13. The van der Waals surface area contributed by atoms with Gasteiger partial charge in [-0.25, -0.2) is 9.59 Å². The van der Waals surface area contributed by atoms with Gasteiger partial charge in [-0.1, -0.05) is 97.4 Å². The van der Waals surface area contributed by atoms with Crippen LogP contribution in [0.5, 0.6) is 0 Å². The van der Waals surface area contributed by atoms with Crippen LogP contribution in [0.2, 0.25) is 0 Å². The van der Waals surface area contributed by atoms with Crippen molar-refractivity contribution in [2.24, 2.45) is 0 Å². The Morgan fingerprint density at radius 1 is 0.872 bits per heavy atom. The lowest BCUT2D eigenvalue weighted by Crippen LogP contribution is -2.55. The lowest BCUT2D eigenvalue weighted by Gasteiger charge is -2.38. The molecule has 6 nitrogen and oxygen atoms in total. The summed E-state index contributed by atoms with van der Waals surface area (Å²) >= 11 is 0. The highest BCUT2D eigenvalue weighted by Crippen LogP contribution is 2.38. The minimum Gasteiger partial charge on any atom is -0.460 e. The van der Waals surface area contributed by atoms with Gasteiger partial charge in [0.2, 0.25) is 0 Å². The first-order valence-electron chi connectivity index (χ1n) is 13.7. The molecule has 4 rings (SSSR count). The molecule has 0 heterocycles. The zero-order valence-corrected chi connectivity index (χ0v) is 23.0. The molecule has 3 aromatic carbocycles. The molecule has 1 aliphatic rings. The van der Waals surface area contributed by atoms with Crippen LogP contribution in [0, 0.1) is 0 Å². The number of hydrogen-bond acceptors (Lipinski definition) is 5. The van der Waals surface area contributed by atoms with Gasteiger partial charge in [0.05, 0.1) is 6.04 Å². The number of aliphatic hydroxyl groups is 1. The fourth-order valence-electron chi connectivity index (χ4n) is 5.31. The normalized spacial score (nSPS) is 19.8. The first-order chi connectivity index (χ1) is 18.7. The number of carbonyl (C=O) groups excluding carboxylic acids is 2. The van der Waals surface area contributed by atoms with Crippen LogP contribution in [0.15, 0.2) is 91.0 Å². The summed E-state index contributed by atoms with van der Waals surface area (Å²) in [6.45, 7) is 5.30. The van der Waals surface area contributed by atoms with Crippen molar-refractivity contribution in [3.8, 4) is 0 Å². The van der Waals surface area contributed by atoms with E-state index >= 15 is 0 Å². The van der Waals surface area contributed by atoms with Crippen LogP contribution in [0.4, 0.5) is 4.79 Å². The van der Waals surface area contributed by atoms with Crippen LogP contribution < -0.4 is 5.32 Å². The Hall–Kier alpha value is -3.64. The van der Waals surface area contributed by atoms with Gasteiger partial charge in [-0.05, 0) is 56.7 Å². The molecule has 2 N–H and O–H groups in total. The highest BCUT2D eigenvalue weighted by Gasteiger charge is 2.49. The van der Waals surface area contributed by atoms with Crippen molar-refractivity contribution in [1.82, 2.24) is 5.32 Å². The molecule has 3 aromatic rings. The lowest BCUT2D eigenvalue weighted by atomic mass is 9.80. The van der Waals surface area contributed by atoms with Crippen molar-refractivity contribution in [2.45, 2.75) is 82.1 Å². The first-order valence-corrected chi connectivity index (χ1v) is 13.7. The molecule has 39 heavy (non-hydrogen) atoms. The maximum atomic E-state index is 14.1. The highest BCUT2D eigenvalue weighted by atomic mass is 16.6. The third kappa shape index (κ3) is 7.48. The van der Waals surface area contributed by atoms with Crippen molar-refractivity contribution in [2.75, 3.05) is 0 Å². The largest absolute Gasteiger partial charge is 0.460 e. The Balaban J connectivity index is 1.71. The number of esters is 1. The second kappa shape index (κ2) is 12.5. The van der Waals surface area contributed by atoms with E-state index in [4.69, 9.17) is 9.47 Å². The monoisotopic (exact) mass is 529 g/mol. The van der Waals surface area contributed by atoms with E-state index in [-0.39, 0.29) is 18.4 Å². The van der Waals surface area contributed by atoms with Gasteiger partial charge >= 0.3 is 12.1 Å². The van der Waals surface area contributed by atoms with Gasteiger partial charge in [-0.15, -0.1) is 0 Å². The van der Waals surface area contributed by atoms with E-state index in [1.165, 1.54) is 0 Å². The molecule has 0 saturated heterocycles. The van der Waals surface area contributed by atoms with Crippen LogP contribution in [-0.2, 0) is 20.7 Å². The maximum absolute atomic E-state index is 14.1. The average molecular weight is 530 g/mol. The van der Waals surface area contributed by atoms with Crippen LogP contribution in [0.25, 0.3) is 0 Å². The SMILES string of the molecule is CC(C)(C)OC(=O)N[C@H](c1ccccc1)[C@](O)(Cc1ccccc1)C(=O)O[C@@H]1CCCC[C@H]1c1ccccc1. The topological polar surface area (TPSA) is 84.9 Å². The third-order valence-corrected chi connectivity index (χ3v) is 7.13. The van der Waals surface area contributed by atoms with Crippen molar-refractivity contribution in [3.63, 3.8) is 0 Å². The van der Waals surface area contributed by atoms with Gasteiger partial charge < -0.3 is 19.9 Å². The Morgan fingerprint density at radius 2 is 1.44 bits per heavy atom. The zero-order valence-electron chi connectivity index (χ0n) is 23.0. The van der Waals surface area contributed by atoms with Crippen LogP contribution in [0.1, 0.15) is 75.1 Å². The van der Waals surface area contributed by atoms with Crippen LogP contribution >= 0.6 is 0 Å². The Labute approximate surface area is 231 Å². The minimum absolute atomic E-state index is 0.0406. The number of rotatable bonds is 8. The van der Waals surface area contributed by atoms with Gasteiger partial charge in [0.1, 0.15) is 11.7 Å². The molecule has 0 unspecified atom stereocenters. The number of ether oxygens (including phenoxy) is 2. The summed E-state index contributed by atoms with van der Waals surface area (Å²) < 4.78 is 11.7. The molecule has 1 saturated carbocycles. The second-order valence-corrected chi connectivity index (χ2v) is 11.3. The van der Waals surface area contributed by atoms with Crippen LogP contribution in [-0.4, -0.2) is 34.5 Å². The maximum Gasteiger partial charge on any atom is 0.408 e. The van der Waals surface area contributed by atoms with E-state index in [1.54, 1.807) is 45.0 Å². The molecule has 1 aliphatic carbocycles. The first kappa shape index (κ1) is 28.4. The molecule has 206 valence electrons. The number of hydrogen-bond donors (Lipinski definition) is 2. The van der Waals surface area contributed by atoms with Gasteiger partial charge in [0.15, 0.2) is 5.60 Å². The number of amides is 1. The molecule has 0 bridgehead atoms. The molecular formula is C33H39NO5. The van der Waals surface area contributed by atoms with Gasteiger partial charge in [-0.3, -0.25) is 0 Å². The lowest BCUT2D eigenvalue weighted by molar-refractivity contribution is -0.177. The fourth-order valence-corrected chi connectivity index (χ4v) is 5.31. The van der Waals surface area contributed by atoms with Crippen molar-refractivity contribution < 1.29 is 24.2 Å². The second-order valence-electron chi connectivity index (χ2n) is 11.3. The number of carbonyl (C=O) groups is 2. The molecule has 0 radical (unpaired) electrons. The number of benzene rings is 3. The quantitative estimate of drug-likeness (QED) is 0.326. The summed E-state index contributed by atoms with van der Waals surface area (Å²) in [5, 5.41) is 15.1. The molecule has 6 heteroatoms. The summed E-state index contributed by atoms with van der Waals surface area (Å²) in [5.41, 5.74) is -0.422. The van der Waals surface area contributed by atoms with E-state index in [9.17, 15) is 14.7 Å². The molecule has 0 spiro atoms. The summed E-state index contributed by atoms with van der Waals surface area (Å²) in [7, 11) is 0. The van der Waals surface area contributed by atoms with E-state index in [0.29, 0.717) is 12.0 Å². The fraction of sp³-hybridized carbons (Fsp3) is 0.394. The molecule has 4 atom stereocenters. The molecule has 0 aliphatic heterocycles. The van der Waals surface area contributed by atoms with Gasteiger partial charge in [0, 0.05) is 12.3 Å². The Kier molecular flexibility index (Phi) is 9.08. The molecule has 1 fully saturated rings. The zero-order chi connectivity index (χ0) is 27.9. The van der Waals surface area contributed by atoms with E-state index in [0.717, 1.165) is 30.4 Å². The number of nitrogens with one attached hydrogen (secondary N) is 1. The average Bonchev–Trinajstić information content (AvgIpc) is 2.92. The summed E-state index contributed by atoms with van der Waals surface area (Å²) in [4.78, 5) is 27.1. The minimum atomic E-state index is -2.10. The number of alkyl carbamates (subject to hydrolysis) is 1. The van der Waals surface area contributed by atoms with Gasteiger partial charge in [-0.2, -0.15) is 0 Å². The Morgan fingerprint density at radius 3 is 2.05 bits per heavy atom.